The van der Waals surface area contributed by atoms with Gasteiger partial charge in [-0.15, -0.1) is 0 Å². The van der Waals surface area contributed by atoms with Gasteiger partial charge in [-0.05, 0) is 35.1 Å². The van der Waals surface area contributed by atoms with Crippen molar-refractivity contribution in [3.63, 3.8) is 0 Å². The van der Waals surface area contributed by atoms with Crippen LogP contribution in [0.2, 0.25) is 0 Å². The van der Waals surface area contributed by atoms with Crippen LogP contribution in [0.5, 0.6) is 0 Å². The SMILES string of the molecule is O=C(N[C@@H](Cc1ccccc1)C(=O)[O-])OCc1ccccc1.O=C(N[C@@H](Cc1ccccc1)C(=O)[O-])OCc1ccccc1.[Cd+2]. The summed E-state index contributed by atoms with van der Waals surface area (Å²) in [5.74, 6) is -2.69. The minimum atomic E-state index is -1.35. The number of aliphatic carboxylic acids is 2. The molecule has 0 aliphatic heterocycles. The molecule has 0 aliphatic rings. The van der Waals surface area contributed by atoms with Gasteiger partial charge in [0.25, 0.3) is 0 Å². The first-order chi connectivity index (χ1) is 21.3. The van der Waals surface area contributed by atoms with Gasteiger partial charge in [0.05, 0.1) is 24.0 Å². The molecule has 4 rings (SSSR count). The van der Waals surface area contributed by atoms with Crippen LogP contribution in [0, 0.1) is 0 Å². The third-order valence-electron chi connectivity index (χ3n) is 6.14. The average Bonchev–Trinajstić information content (AvgIpc) is 3.04. The summed E-state index contributed by atoms with van der Waals surface area (Å²) < 4.78 is 10.0. The molecule has 2 atom stereocenters. The number of amides is 2. The van der Waals surface area contributed by atoms with Crippen molar-refractivity contribution >= 4 is 24.1 Å². The molecule has 2 amide bonds. The zero-order chi connectivity index (χ0) is 31.6. The second kappa shape index (κ2) is 20.3. The van der Waals surface area contributed by atoms with Crippen molar-refractivity contribution in [1.82, 2.24) is 10.6 Å². The monoisotopic (exact) mass is 710 g/mol. The van der Waals surface area contributed by atoms with Crippen molar-refractivity contribution in [3.8, 4) is 0 Å². The number of alkyl carbamates (subject to hydrolysis) is 2. The van der Waals surface area contributed by atoms with Gasteiger partial charge in [-0.2, -0.15) is 0 Å². The van der Waals surface area contributed by atoms with E-state index in [-0.39, 0.29) is 53.4 Å². The summed E-state index contributed by atoms with van der Waals surface area (Å²) in [5.41, 5.74) is 3.23. The zero-order valence-electron chi connectivity index (χ0n) is 24.5. The Morgan fingerprint density at radius 3 is 1.02 bits per heavy atom. The predicted molar refractivity (Wildman–Crippen MR) is 157 cm³/mol. The minimum absolute atomic E-state index is 0. The van der Waals surface area contributed by atoms with E-state index in [4.69, 9.17) is 9.47 Å². The van der Waals surface area contributed by atoms with Crippen LogP contribution in [0.3, 0.4) is 0 Å². The molecule has 0 radical (unpaired) electrons. The van der Waals surface area contributed by atoms with Crippen LogP contribution in [-0.2, 0) is 72.4 Å². The number of carboxylic acids is 2. The predicted octanol–water partition coefficient (Wildman–Crippen LogP) is 2.55. The number of rotatable bonds is 12. The minimum Gasteiger partial charge on any atom is -0.548 e. The summed E-state index contributed by atoms with van der Waals surface area (Å²) in [6.07, 6.45) is -1.28. The molecule has 0 heterocycles. The van der Waals surface area contributed by atoms with Crippen LogP contribution in [0.25, 0.3) is 0 Å². The van der Waals surface area contributed by atoms with Gasteiger partial charge < -0.3 is 39.9 Å². The molecular weight excluding hydrogens is 677 g/mol. The zero-order valence-corrected chi connectivity index (χ0v) is 28.5. The second-order valence-corrected chi connectivity index (χ2v) is 9.53. The number of hydrogen-bond donors (Lipinski definition) is 2. The molecule has 0 saturated heterocycles. The molecule has 0 bridgehead atoms. The van der Waals surface area contributed by atoms with Crippen molar-refractivity contribution in [2.75, 3.05) is 0 Å². The Hall–Kier alpha value is -4.72. The molecular formula is C34H32CdN2O8. The topological polar surface area (TPSA) is 157 Å². The van der Waals surface area contributed by atoms with Gasteiger partial charge in [0.15, 0.2) is 0 Å². The quantitative estimate of drug-likeness (QED) is 0.213. The Kier molecular flexibility index (Phi) is 16.4. The Balaban J connectivity index is 0.000000307. The molecule has 0 aromatic heterocycles. The van der Waals surface area contributed by atoms with E-state index < -0.39 is 36.2 Å². The van der Waals surface area contributed by atoms with Gasteiger partial charge in [0.2, 0.25) is 0 Å². The van der Waals surface area contributed by atoms with Crippen molar-refractivity contribution in [2.24, 2.45) is 0 Å². The summed E-state index contributed by atoms with van der Waals surface area (Å²) >= 11 is 0. The Morgan fingerprint density at radius 2 is 0.756 bits per heavy atom. The number of carboxylic acid groups (broad SMARTS) is 2. The third-order valence-corrected chi connectivity index (χ3v) is 6.14. The number of carbonyl (C=O) groups is 4. The summed E-state index contributed by atoms with van der Waals surface area (Å²) in [4.78, 5) is 45.7. The smallest absolute Gasteiger partial charge is 0.548 e. The molecule has 0 saturated carbocycles. The van der Waals surface area contributed by atoms with Crippen LogP contribution in [0.15, 0.2) is 121 Å². The van der Waals surface area contributed by atoms with E-state index in [0.717, 1.165) is 22.3 Å². The van der Waals surface area contributed by atoms with Gasteiger partial charge >= 0.3 is 39.5 Å². The van der Waals surface area contributed by atoms with Gasteiger partial charge in [0, 0.05) is 0 Å². The normalized spacial score (nSPS) is 11.2. The van der Waals surface area contributed by atoms with Crippen LogP contribution in [-0.4, -0.2) is 36.2 Å². The standard InChI is InChI=1S/2C17H17NO4.Cd/c2*19-16(20)15(11-13-7-3-1-4-8-13)18-17(21)22-12-14-9-5-2-6-10-14;/h2*1-10,15H,11-12H2,(H,18,21)(H,19,20);/q;;+2/p-2/t2*15-;/m00./s1. The van der Waals surface area contributed by atoms with Crippen LogP contribution >= 0.6 is 0 Å². The number of carbonyl (C=O) groups excluding carboxylic acids is 4. The average molecular weight is 709 g/mol. The van der Waals surface area contributed by atoms with Crippen molar-refractivity contribution < 1.29 is 66.2 Å². The largest absolute Gasteiger partial charge is 2.00 e. The molecule has 0 unspecified atom stereocenters. The molecule has 228 valence electrons. The molecule has 0 fully saturated rings. The Bertz CT molecular complexity index is 1350. The maximum absolute atomic E-state index is 11.7. The molecule has 2 N–H and O–H groups in total. The van der Waals surface area contributed by atoms with Gasteiger partial charge in [-0.3, -0.25) is 0 Å². The molecule has 10 nitrogen and oxygen atoms in total. The van der Waals surface area contributed by atoms with Gasteiger partial charge in [-0.25, -0.2) is 9.59 Å². The number of benzene rings is 4. The second-order valence-electron chi connectivity index (χ2n) is 9.53. The van der Waals surface area contributed by atoms with Crippen LogP contribution < -0.4 is 20.8 Å². The van der Waals surface area contributed by atoms with E-state index >= 15 is 0 Å². The Morgan fingerprint density at radius 1 is 0.489 bits per heavy atom. The number of ether oxygens (including phenoxy) is 2. The van der Waals surface area contributed by atoms with E-state index in [1.807, 2.05) is 72.8 Å². The molecule has 11 heteroatoms. The van der Waals surface area contributed by atoms with E-state index in [0.29, 0.717) is 0 Å². The maximum Gasteiger partial charge on any atom is 2.00 e. The number of hydrogen-bond acceptors (Lipinski definition) is 8. The summed E-state index contributed by atoms with van der Waals surface area (Å²) in [6, 6.07) is 34.0. The molecule has 0 aliphatic carbocycles. The maximum atomic E-state index is 11.7. The first-order valence-corrected chi connectivity index (χ1v) is 13.7. The van der Waals surface area contributed by atoms with Crippen molar-refractivity contribution in [3.05, 3.63) is 144 Å². The van der Waals surface area contributed by atoms with Crippen LogP contribution in [0.1, 0.15) is 22.3 Å². The van der Waals surface area contributed by atoms with Crippen molar-refractivity contribution in [1.29, 1.82) is 0 Å². The van der Waals surface area contributed by atoms with Gasteiger partial charge in [0.1, 0.15) is 13.2 Å². The third kappa shape index (κ3) is 14.5. The van der Waals surface area contributed by atoms with E-state index in [2.05, 4.69) is 10.6 Å². The fourth-order valence-corrected chi connectivity index (χ4v) is 3.90. The van der Waals surface area contributed by atoms with E-state index in [1.165, 1.54) is 0 Å². The summed E-state index contributed by atoms with van der Waals surface area (Å²) in [6.45, 7) is 0.162. The molecule has 45 heavy (non-hydrogen) atoms. The van der Waals surface area contributed by atoms with E-state index in [9.17, 15) is 29.4 Å². The molecule has 4 aromatic rings. The molecule has 0 spiro atoms. The Labute approximate surface area is 281 Å². The summed E-state index contributed by atoms with van der Waals surface area (Å²) in [5, 5.41) is 26.9. The van der Waals surface area contributed by atoms with Crippen LogP contribution in [0.4, 0.5) is 9.59 Å². The first kappa shape index (κ1) is 36.5. The summed E-state index contributed by atoms with van der Waals surface area (Å²) in [7, 11) is 0. The number of nitrogens with one attached hydrogen (secondary N) is 2. The fraction of sp³-hybridized carbons (Fsp3) is 0.176. The molecule has 4 aromatic carbocycles. The fourth-order valence-electron chi connectivity index (χ4n) is 3.90. The van der Waals surface area contributed by atoms with E-state index in [1.54, 1.807) is 48.5 Å². The first-order valence-electron chi connectivity index (χ1n) is 13.7. The van der Waals surface area contributed by atoms with Gasteiger partial charge in [-0.1, -0.05) is 121 Å². The van der Waals surface area contributed by atoms with Crippen molar-refractivity contribution in [2.45, 2.75) is 38.1 Å².